The highest BCUT2D eigenvalue weighted by Gasteiger charge is 2.34. The number of carbonyl (C=O) groups excluding carboxylic acids is 2. The zero-order chi connectivity index (χ0) is 33.0. The average Bonchev–Trinajstić information content (AvgIpc) is 3.51. The summed E-state index contributed by atoms with van der Waals surface area (Å²) < 4.78 is 0. The lowest BCUT2D eigenvalue weighted by Crippen LogP contribution is -2.58. The van der Waals surface area contributed by atoms with Crippen LogP contribution in [0, 0.1) is 5.92 Å². The van der Waals surface area contributed by atoms with Crippen molar-refractivity contribution in [2.75, 3.05) is 45.8 Å². The smallest absolute Gasteiger partial charge is 0.245 e. The van der Waals surface area contributed by atoms with E-state index in [0.717, 1.165) is 44.2 Å². The molecule has 2 fully saturated rings. The van der Waals surface area contributed by atoms with Gasteiger partial charge >= 0.3 is 0 Å². The standard InChI is InChI=1S/C39H58ClN5O2/c1-3-43(4-2)22-12-6-9-17-37(31-13-7-5-8-14-31)44-23-25-45(26-24-44)39(47)36(27-30-18-20-33(40)21-19-30)42-38(46)28-35-34-16-11-10-15-32(34)29-41-35/h10-11,15-16,18-21,31,35-37,41H,3-9,12-14,17,22-29H2,1-2H3,(H,42,46). The van der Waals surface area contributed by atoms with E-state index in [9.17, 15) is 9.59 Å². The van der Waals surface area contributed by atoms with Crippen molar-refractivity contribution in [2.45, 2.75) is 109 Å². The lowest BCUT2D eigenvalue weighted by atomic mass is 9.81. The second-order valence-corrected chi connectivity index (χ2v) is 14.4. The Balaban J connectivity index is 1.19. The van der Waals surface area contributed by atoms with Crippen molar-refractivity contribution in [1.82, 2.24) is 25.3 Å². The zero-order valence-electron chi connectivity index (χ0n) is 28.9. The Labute approximate surface area is 288 Å². The van der Waals surface area contributed by atoms with E-state index in [4.69, 9.17) is 11.6 Å². The van der Waals surface area contributed by atoms with E-state index in [1.54, 1.807) is 0 Å². The molecule has 3 aliphatic rings. The Bertz CT molecular complexity index is 1250. The first kappa shape index (κ1) is 35.8. The summed E-state index contributed by atoms with van der Waals surface area (Å²) in [5, 5.41) is 7.29. The predicted molar refractivity (Wildman–Crippen MR) is 192 cm³/mol. The fraction of sp³-hybridized carbons (Fsp3) is 0.641. The van der Waals surface area contributed by atoms with E-state index in [2.05, 4.69) is 46.4 Å². The molecule has 3 atom stereocenters. The maximum Gasteiger partial charge on any atom is 0.245 e. The molecule has 258 valence electrons. The molecule has 2 heterocycles. The van der Waals surface area contributed by atoms with E-state index in [0.29, 0.717) is 37.0 Å². The molecule has 0 bridgehead atoms. The Morgan fingerprint density at radius 3 is 2.38 bits per heavy atom. The molecule has 1 aliphatic carbocycles. The van der Waals surface area contributed by atoms with Crippen LogP contribution in [0.3, 0.4) is 0 Å². The molecular formula is C39H58ClN5O2. The van der Waals surface area contributed by atoms with Crippen LogP contribution in [0.2, 0.25) is 5.02 Å². The van der Waals surface area contributed by atoms with Crippen LogP contribution in [0.15, 0.2) is 48.5 Å². The van der Waals surface area contributed by atoms with Crippen LogP contribution in [0.1, 0.15) is 101 Å². The normalized spacial score (nSPS) is 20.3. The molecule has 5 rings (SSSR count). The van der Waals surface area contributed by atoms with Gasteiger partial charge in [-0.1, -0.05) is 94.0 Å². The summed E-state index contributed by atoms with van der Waals surface area (Å²) in [4.78, 5) is 34.8. The second-order valence-electron chi connectivity index (χ2n) is 14.0. The van der Waals surface area contributed by atoms with Gasteiger partial charge in [-0.25, -0.2) is 0 Å². The van der Waals surface area contributed by atoms with Crippen molar-refractivity contribution in [3.8, 4) is 0 Å². The van der Waals surface area contributed by atoms with Crippen molar-refractivity contribution in [3.05, 3.63) is 70.2 Å². The van der Waals surface area contributed by atoms with Crippen LogP contribution >= 0.6 is 11.6 Å². The third-order valence-electron chi connectivity index (χ3n) is 11.0. The fourth-order valence-electron chi connectivity index (χ4n) is 8.19. The molecule has 2 aliphatic heterocycles. The average molecular weight is 664 g/mol. The molecular weight excluding hydrogens is 606 g/mol. The van der Waals surface area contributed by atoms with Gasteiger partial charge in [0, 0.05) is 62.7 Å². The van der Waals surface area contributed by atoms with Crippen LogP contribution < -0.4 is 10.6 Å². The minimum atomic E-state index is -0.605. The molecule has 3 unspecified atom stereocenters. The number of carbonyl (C=O) groups is 2. The Morgan fingerprint density at radius 2 is 1.66 bits per heavy atom. The molecule has 2 aromatic rings. The molecule has 1 saturated heterocycles. The zero-order valence-corrected chi connectivity index (χ0v) is 29.7. The highest BCUT2D eigenvalue weighted by Crippen LogP contribution is 2.32. The summed E-state index contributed by atoms with van der Waals surface area (Å²) in [5.41, 5.74) is 3.41. The van der Waals surface area contributed by atoms with Crippen LogP contribution in [0.4, 0.5) is 0 Å². The van der Waals surface area contributed by atoms with Crippen LogP contribution in [-0.2, 0) is 22.6 Å². The first-order valence-electron chi connectivity index (χ1n) is 18.5. The van der Waals surface area contributed by atoms with E-state index in [-0.39, 0.29) is 17.9 Å². The van der Waals surface area contributed by atoms with Gasteiger partial charge in [0.1, 0.15) is 6.04 Å². The summed E-state index contributed by atoms with van der Waals surface area (Å²) in [7, 11) is 0. The number of nitrogens with zero attached hydrogens (tertiary/aromatic N) is 3. The van der Waals surface area contributed by atoms with Crippen molar-refractivity contribution >= 4 is 23.4 Å². The molecule has 1 saturated carbocycles. The Hall–Kier alpha value is -2.45. The number of benzene rings is 2. The minimum Gasteiger partial charge on any atom is -0.344 e. The number of fused-ring (bicyclic) bond motifs is 1. The van der Waals surface area contributed by atoms with Crippen LogP contribution in [0.25, 0.3) is 0 Å². The number of halogens is 1. The molecule has 2 N–H and O–H groups in total. The Kier molecular flexibility index (Phi) is 14.0. The predicted octanol–water partition coefficient (Wildman–Crippen LogP) is 6.60. The molecule has 2 amide bonds. The highest BCUT2D eigenvalue weighted by molar-refractivity contribution is 6.30. The molecule has 0 spiro atoms. The van der Waals surface area contributed by atoms with E-state index in [1.807, 2.05) is 41.3 Å². The molecule has 0 aromatic heterocycles. The van der Waals surface area contributed by atoms with Crippen molar-refractivity contribution < 1.29 is 9.59 Å². The number of nitrogens with one attached hydrogen (secondary N) is 2. The monoisotopic (exact) mass is 663 g/mol. The van der Waals surface area contributed by atoms with Crippen LogP contribution in [0.5, 0.6) is 0 Å². The first-order valence-corrected chi connectivity index (χ1v) is 18.9. The summed E-state index contributed by atoms with van der Waals surface area (Å²) in [6.45, 7) is 12.0. The first-order chi connectivity index (χ1) is 22.9. The van der Waals surface area contributed by atoms with E-state index in [1.165, 1.54) is 75.5 Å². The second kappa shape index (κ2) is 18.4. The molecule has 0 radical (unpaired) electrons. The van der Waals surface area contributed by atoms with Gasteiger partial charge < -0.3 is 20.4 Å². The summed E-state index contributed by atoms with van der Waals surface area (Å²) in [6.07, 6.45) is 12.7. The van der Waals surface area contributed by atoms with Crippen molar-refractivity contribution in [1.29, 1.82) is 0 Å². The van der Waals surface area contributed by atoms with E-state index >= 15 is 0 Å². The maximum atomic E-state index is 14.1. The fourth-order valence-corrected chi connectivity index (χ4v) is 8.32. The maximum absolute atomic E-state index is 14.1. The van der Waals surface area contributed by atoms with Crippen LogP contribution in [-0.4, -0.2) is 84.4 Å². The Morgan fingerprint density at radius 1 is 0.936 bits per heavy atom. The lowest BCUT2D eigenvalue weighted by molar-refractivity contribution is -0.138. The van der Waals surface area contributed by atoms with Gasteiger partial charge in [-0.3, -0.25) is 14.5 Å². The largest absolute Gasteiger partial charge is 0.344 e. The number of piperazine rings is 1. The third-order valence-corrected chi connectivity index (χ3v) is 11.3. The number of hydrogen-bond donors (Lipinski definition) is 2. The molecule has 47 heavy (non-hydrogen) atoms. The summed E-state index contributed by atoms with van der Waals surface area (Å²) >= 11 is 6.16. The van der Waals surface area contributed by atoms with Gasteiger partial charge in [0.2, 0.25) is 11.8 Å². The topological polar surface area (TPSA) is 67.9 Å². The van der Waals surface area contributed by atoms with Gasteiger partial charge in [0.15, 0.2) is 0 Å². The molecule has 8 heteroatoms. The highest BCUT2D eigenvalue weighted by atomic mass is 35.5. The van der Waals surface area contributed by atoms with Gasteiger partial charge in [0.25, 0.3) is 0 Å². The quantitative estimate of drug-likeness (QED) is 0.198. The third kappa shape index (κ3) is 10.3. The summed E-state index contributed by atoms with van der Waals surface area (Å²) in [6, 6.07) is 15.9. The number of amides is 2. The molecule has 2 aromatic carbocycles. The summed E-state index contributed by atoms with van der Waals surface area (Å²) in [5.74, 6) is 0.710. The molecule has 7 nitrogen and oxygen atoms in total. The van der Waals surface area contributed by atoms with Gasteiger partial charge in [-0.2, -0.15) is 0 Å². The van der Waals surface area contributed by atoms with E-state index < -0.39 is 6.04 Å². The minimum absolute atomic E-state index is 0.0263. The number of unbranched alkanes of at least 4 members (excludes halogenated alkanes) is 2. The SMILES string of the molecule is CCN(CC)CCCCCC(C1CCCCC1)N1CCN(C(=O)C(Cc2ccc(Cl)cc2)NC(=O)CC2NCc3ccccc32)CC1. The number of rotatable bonds is 16. The van der Waals surface area contributed by atoms with Gasteiger partial charge in [-0.05, 0) is 80.1 Å². The lowest BCUT2D eigenvalue weighted by Gasteiger charge is -2.44. The van der Waals surface area contributed by atoms with Gasteiger partial charge in [-0.15, -0.1) is 0 Å². The van der Waals surface area contributed by atoms with Gasteiger partial charge in [0.05, 0.1) is 0 Å². The number of hydrogen-bond acceptors (Lipinski definition) is 5. The van der Waals surface area contributed by atoms with Crippen molar-refractivity contribution in [3.63, 3.8) is 0 Å². The van der Waals surface area contributed by atoms with Crippen molar-refractivity contribution in [2.24, 2.45) is 5.92 Å².